The van der Waals surface area contributed by atoms with Gasteiger partial charge in [0.15, 0.2) is 0 Å². The molecule has 0 aliphatic carbocycles. The van der Waals surface area contributed by atoms with Gasteiger partial charge < -0.3 is 10.1 Å². The van der Waals surface area contributed by atoms with E-state index in [1.165, 1.54) is 10.5 Å². The summed E-state index contributed by atoms with van der Waals surface area (Å²) in [6, 6.07) is 16.6. The van der Waals surface area contributed by atoms with Crippen LogP contribution in [0.1, 0.15) is 18.5 Å². The molecule has 0 saturated carbocycles. The van der Waals surface area contributed by atoms with Crippen LogP contribution < -0.4 is 10.1 Å². The minimum absolute atomic E-state index is 0.306. The molecule has 0 spiro atoms. The highest BCUT2D eigenvalue weighted by Crippen LogP contribution is 2.39. The van der Waals surface area contributed by atoms with Crippen LogP contribution in [0, 0.1) is 0 Å². The Hall–Kier alpha value is -1.16. The zero-order chi connectivity index (χ0) is 14.7. The van der Waals surface area contributed by atoms with Gasteiger partial charge in [-0.15, -0.1) is 11.8 Å². The second kappa shape index (κ2) is 6.73. The van der Waals surface area contributed by atoms with Gasteiger partial charge in [0, 0.05) is 15.5 Å². The number of nitrogens with one attached hydrogen (secondary N) is 1. The van der Waals surface area contributed by atoms with Gasteiger partial charge in [0.05, 0.1) is 11.3 Å². The third kappa shape index (κ3) is 3.37. The number of benzene rings is 2. The van der Waals surface area contributed by atoms with E-state index in [2.05, 4.69) is 36.5 Å². The zero-order valence-corrected chi connectivity index (χ0v) is 13.5. The highest BCUT2D eigenvalue weighted by Gasteiger charge is 2.30. The first kappa shape index (κ1) is 14.8. The maximum atomic E-state index is 5.95. The number of hydrogen-bond donors (Lipinski definition) is 1. The summed E-state index contributed by atoms with van der Waals surface area (Å²) < 4.78 is 5.92. The van der Waals surface area contributed by atoms with Crippen LogP contribution in [0.15, 0.2) is 53.4 Å². The molecule has 3 rings (SSSR count). The fourth-order valence-corrected chi connectivity index (χ4v) is 3.87. The fourth-order valence-electron chi connectivity index (χ4n) is 2.59. The molecule has 1 aliphatic rings. The summed E-state index contributed by atoms with van der Waals surface area (Å²) in [5, 5.41) is 4.71. The van der Waals surface area contributed by atoms with Crippen LogP contribution in [0.25, 0.3) is 0 Å². The molecule has 0 saturated heterocycles. The second-order valence-electron chi connectivity index (χ2n) is 4.99. The Labute approximate surface area is 134 Å². The minimum Gasteiger partial charge on any atom is -0.492 e. The number of hydrogen-bond acceptors (Lipinski definition) is 3. The summed E-state index contributed by atoms with van der Waals surface area (Å²) in [4.78, 5) is 1.22. The Morgan fingerprint density at radius 2 is 1.95 bits per heavy atom. The van der Waals surface area contributed by atoms with Crippen LogP contribution in [-0.4, -0.2) is 18.4 Å². The van der Waals surface area contributed by atoms with Crippen molar-refractivity contribution in [3.8, 4) is 5.75 Å². The predicted molar refractivity (Wildman–Crippen MR) is 89.5 cm³/mol. The van der Waals surface area contributed by atoms with E-state index in [0.29, 0.717) is 17.9 Å². The van der Waals surface area contributed by atoms with Gasteiger partial charge in [-0.05, 0) is 36.9 Å². The van der Waals surface area contributed by atoms with Gasteiger partial charge in [0.1, 0.15) is 12.4 Å². The number of fused-ring (bicyclic) bond motifs is 1. The second-order valence-corrected chi connectivity index (χ2v) is 6.74. The lowest BCUT2D eigenvalue weighted by molar-refractivity contribution is 0.261. The molecule has 0 bridgehead atoms. The van der Waals surface area contributed by atoms with Gasteiger partial charge in [-0.1, -0.05) is 36.7 Å². The van der Waals surface area contributed by atoms with E-state index < -0.39 is 0 Å². The molecule has 1 N–H and O–H groups in total. The first-order valence-electron chi connectivity index (χ1n) is 7.15. The van der Waals surface area contributed by atoms with Crippen molar-refractivity contribution in [1.29, 1.82) is 0 Å². The third-order valence-electron chi connectivity index (χ3n) is 3.55. The highest BCUT2D eigenvalue weighted by atomic mass is 35.5. The van der Waals surface area contributed by atoms with Crippen molar-refractivity contribution in [3.05, 3.63) is 59.1 Å². The Morgan fingerprint density at radius 1 is 1.19 bits per heavy atom. The van der Waals surface area contributed by atoms with E-state index in [-0.39, 0.29) is 0 Å². The molecule has 2 atom stereocenters. The molecule has 0 fully saturated rings. The average molecular weight is 320 g/mol. The van der Waals surface area contributed by atoms with E-state index in [1.807, 2.05) is 36.0 Å². The Balaban J connectivity index is 1.83. The Morgan fingerprint density at radius 3 is 2.71 bits per heavy atom. The van der Waals surface area contributed by atoms with Gasteiger partial charge in [-0.3, -0.25) is 0 Å². The van der Waals surface area contributed by atoms with E-state index in [0.717, 1.165) is 17.3 Å². The summed E-state index contributed by atoms with van der Waals surface area (Å²) in [7, 11) is 0. The average Bonchev–Trinajstić information content (AvgIpc) is 2.52. The molecule has 2 nitrogen and oxygen atoms in total. The van der Waals surface area contributed by atoms with Crippen molar-refractivity contribution in [2.24, 2.45) is 0 Å². The molecule has 0 aromatic heterocycles. The first-order valence-corrected chi connectivity index (χ1v) is 8.41. The van der Waals surface area contributed by atoms with Gasteiger partial charge >= 0.3 is 0 Å². The fraction of sp³-hybridized carbons (Fsp3) is 0.294. The Kier molecular flexibility index (Phi) is 4.73. The summed E-state index contributed by atoms with van der Waals surface area (Å²) in [6.45, 7) is 3.79. The van der Waals surface area contributed by atoms with E-state index in [1.54, 1.807) is 0 Å². The van der Waals surface area contributed by atoms with Crippen LogP contribution in [0.2, 0.25) is 5.02 Å². The van der Waals surface area contributed by atoms with Gasteiger partial charge in [-0.25, -0.2) is 0 Å². The summed E-state index contributed by atoms with van der Waals surface area (Å²) in [6.07, 6.45) is 0. The normalized spacial score (nSPS) is 20.7. The molecule has 0 amide bonds. The molecular formula is C17H18ClNOS. The number of para-hydroxylation sites is 1. The maximum absolute atomic E-state index is 5.95. The maximum Gasteiger partial charge on any atom is 0.124 e. The van der Waals surface area contributed by atoms with Crippen LogP contribution in [0.3, 0.4) is 0 Å². The number of ether oxygens (including phenoxy) is 1. The largest absolute Gasteiger partial charge is 0.492 e. The van der Waals surface area contributed by atoms with Crippen molar-refractivity contribution in [1.82, 2.24) is 5.32 Å². The third-order valence-corrected chi connectivity index (χ3v) is 5.06. The molecule has 21 heavy (non-hydrogen) atoms. The summed E-state index contributed by atoms with van der Waals surface area (Å²) in [5.74, 6) is 0.997. The molecule has 2 aromatic rings. The van der Waals surface area contributed by atoms with Crippen LogP contribution in [0.5, 0.6) is 5.75 Å². The molecule has 2 aromatic carbocycles. The number of rotatable bonds is 4. The van der Waals surface area contributed by atoms with Crippen molar-refractivity contribution >= 4 is 23.4 Å². The molecule has 2 unspecified atom stereocenters. The van der Waals surface area contributed by atoms with Crippen molar-refractivity contribution < 1.29 is 4.74 Å². The number of halogens is 1. The van der Waals surface area contributed by atoms with Gasteiger partial charge in [-0.2, -0.15) is 0 Å². The van der Waals surface area contributed by atoms with Crippen molar-refractivity contribution in [2.75, 3.05) is 13.2 Å². The highest BCUT2D eigenvalue weighted by molar-refractivity contribution is 8.00. The first-order chi connectivity index (χ1) is 10.3. The van der Waals surface area contributed by atoms with Gasteiger partial charge in [0.2, 0.25) is 0 Å². The monoisotopic (exact) mass is 319 g/mol. The summed E-state index contributed by atoms with van der Waals surface area (Å²) in [5.41, 5.74) is 1.25. The quantitative estimate of drug-likeness (QED) is 0.893. The van der Waals surface area contributed by atoms with Crippen LogP contribution >= 0.6 is 23.4 Å². The lowest BCUT2D eigenvalue weighted by atomic mass is 10.0. The molecule has 0 radical (unpaired) electrons. The SMILES string of the molecule is CCNC1c2ccccc2OCC1Sc1ccc(Cl)cc1. The zero-order valence-electron chi connectivity index (χ0n) is 11.9. The van der Waals surface area contributed by atoms with E-state index >= 15 is 0 Å². The van der Waals surface area contributed by atoms with E-state index in [9.17, 15) is 0 Å². The topological polar surface area (TPSA) is 21.3 Å². The summed E-state index contributed by atoms with van der Waals surface area (Å²) >= 11 is 7.79. The molecule has 4 heteroatoms. The van der Waals surface area contributed by atoms with Crippen molar-refractivity contribution in [2.45, 2.75) is 23.1 Å². The van der Waals surface area contributed by atoms with Crippen molar-refractivity contribution in [3.63, 3.8) is 0 Å². The predicted octanol–water partition coefficient (Wildman–Crippen LogP) is 4.54. The van der Waals surface area contributed by atoms with Crippen LogP contribution in [-0.2, 0) is 0 Å². The smallest absolute Gasteiger partial charge is 0.124 e. The van der Waals surface area contributed by atoms with E-state index in [4.69, 9.17) is 16.3 Å². The molecule has 1 heterocycles. The standard InChI is InChI=1S/C17H18ClNOS/c1-2-19-17-14-5-3-4-6-15(14)20-11-16(17)21-13-9-7-12(18)8-10-13/h3-10,16-17,19H,2,11H2,1H3. The lowest BCUT2D eigenvalue weighted by Crippen LogP contribution is -2.37. The Bertz CT molecular complexity index is 602. The molecule has 1 aliphatic heterocycles. The molecule has 110 valence electrons. The molecular weight excluding hydrogens is 302 g/mol. The number of thioether (sulfide) groups is 1. The van der Waals surface area contributed by atoms with Gasteiger partial charge in [0.25, 0.3) is 0 Å². The van der Waals surface area contributed by atoms with Crippen LogP contribution in [0.4, 0.5) is 0 Å². The lowest BCUT2D eigenvalue weighted by Gasteiger charge is -2.33. The minimum atomic E-state index is 0.306.